The number of carboxylic acids is 1. The van der Waals surface area contributed by atoms with Gasteiger partial charge < -0.3 is 9.84 Å². The Kier molecular flexibility index (Phi) is 4.45. The molecule has 0 aromatic carbocycles. The summed E-state index contributed by atoms with van der Waals surface area (Å²) in [6.07, 6.45) is -0.925. The van der Waals surface area contributed by atoms with Crippen LogP contribution < -0.4 is 0 Å². The summed E-state index contributed by atoms with van der Waals surface area (Å²) in [6.45, 7) is 4.65. The zero-order valence-corrected chi connectivity index (χ0v) is 9.94. The van der Waals surface area contributed by atoms with Crippen LogP contribution >= 0.6 is 0 Å². The first-order valence-electron chi connectivity index (χ1n) is 4.34. The standard InChI is InChI=1S/C8H14O7S/c1-8(2,3)15-6(9)4-5(7(10)11)16(12,13)14/h5H,4H2,1-3H3,(H,10,11)(H,12,13,14). The number of rotatable bonds is 4. The largest absolute Gasteiger partial charge is 0.480 e. The number of carbonyl (C=O) groups excluding carboxylic acids is 1. The molecule has 7 nitrogen and oxygen atoms in total. The predicted molar refractivity (Wildman–Crippen MR) is 53.4 cm³/mol. The molecule has 0 rings (SSSR count). The van der Waals surface area contributed by atoms with Crippen LogP contribution in [-0.4, -0.2) is 40.9 Å². The third kappa shape index (κ3) is 5.66. The third-order valence-corrected chi connectivity index (χ3v) is 2.49. The quantitative estimate of drug-likeness (QED) is 0.537. The molecule has 0 aromatic heterocycles. The maximum absolute atomic E-state index is 11.2. The summed E-state index contributed by atoms with van der Waals surface area (Å²) >= 11 is 0. The minimum Gasteiger partial charge on any atom is -0.480 e. The zero-order chi connectivity index (χ0) is 13.1. The van der Waals surface area contributed by atoms with Gasteiger partial charge in [0.15, 0.2) is 5.25 Å². The van der Waals surface area contributed by atoms with Crippen LogP contribution in [0.4, 0.5) is 0 Å². The second-order valence-corrected chi connectivity index (χ2v) is 5.73. The molecule has 94 valence electrons. The first-order chi connectivity index (χ1) is 6.93. The van der Waals surface area contributed by atoms with E-state index in [0.29, 0.717) is 0 Å². The van der Waals surface area contributed by atoms with Crippen LogP contribution in [0, 0.1) is 0 Å². The van der Waals surface area contributed by atoms with Crippen LogP contribution in [0.25, 0.3) is 0 Å². The Balaban J connectivity index is 4.69. The molecule has 0 saturated heterocycles. The summed E-state index contributed by atoms with van der Waals surface area (Å²) in [4.78, 5) is 21.7. The van der Waals surface area contributed by atoms with Crippen molar-refractivity contribution in [2.75, 3.05) is 0 Å². The van der Waals surface area contributed by atoms with Gasteiger partial charge in [-0.1, -0.05) is 0 Å². The molecule has 0 bridgehead atoms. The van der Waals surface area contributed by atoms with Crippen molar-refractivity contribution in [2.24, 2.45) is 0 Å². The molecule has 0 amide bonds. The first kappa shape index (κ1) is 14.8. The molecular formula is C8H14O7S. The molecule has 0 fully saturated rings. The van der Waals surface area contributed by atoms with Crippen LogP contribution in [0.5, 0.6) is 0 Å². The van der Waals surface area contributed by atoms with Gasteiger partial charge in [-0.3, -0.25) is 14.1 Å². The summed E-state index contributed by atoms with van der Waals surface area (Å²) in [5.74, 6) is -2.80. The molecule has 0 heterocycles. The zero-order valence-electron chi connectivity index (χ0n) is 9.13. The van der Waals surface area contributed by atoms with E-state index in [1.54, 1.807) is 20.8 Å². The van der Waals surface area contributed by atoms with Crippen molar-refractivity contribution in [1.29, 1.82) is 0 Å². The fourth-order valence-corrected chi connectivity index (χ4v) is 1.46. The van der Waals surface area contributed by atoms with E-state index in [9.17, 15) is 18.0 Å². The molecule has 16 heavy (non-hydrogen) atoms. The fraction of sp³-hybridized carbons (Fsp3) is 0.750. The number of ether oxygens (including phenoxy) is 1. The van der Waals surface area contributed by atoms with Gasteiger partial charge in [0.25, 0.3) is 10.1 Å². The summed E-state index contributed by atoms with van der Waals surface area (Å²) in [5, 5.41) is 6.32. The van der Waals surface area contributed by atoms with E-state index in [-0.39, 0.29) is 0 Å². The van der Waals surface area contributed by atoms with E-state index in [1.807, 2.05) is 0 Å². The topological polar surface area (TPSA) is 118 Å². The lowest BCUT2D eigenvalue weighted by molar-refractivity contribution is -0.156. The van der Waals surface area contributed by atoms with Crippen molar-refractivity contribution in [3.05, 3.63) is 0 Å². The van der Waals surface area contributed by atoms with Gasteiger partial charge in [-0.05, 0) is 20.8 Å². The lowest BCUT2D eigenvalue weighted by Crippen LogP contribution is -2.34. The number of carboxylic acid groups (broad SMARTS) is 1. The highest BCUT2D eigenvalue weighted by Crippen LogP contribution is 2.12. The number of aliphatic carboxylic acids is 1. The van der Waals surface area contributed by atoms with Gasteiger partial charge in [0.1, 0.15) is 5.60 Å². The van der Waals surface area contributed by atoms with Crippen molar-refractivity contribution in [3.63, 3.8) is 0 Å². The highest BCUT2D eigenvalue weighted by atomic mass is 32.2. The maximum atomic E-state index is 11.2. The summed E-state index contributed by atoms with van der Waals surface area (Å²) in [5.41, 5.74) is -0.848. The smallest absolute Gasteiger partial charge is 0.325 e. The summed E-state index contributed by atoms with van der Waals surface area (Å²) in [7, 11) is -4.82. The van der Waals surface area contributed by atoms with Gasteiger partial charge >= 0.3 is 11.9 Å². The second kappa shape index (κ2) is 4.79. The molecule has 0 aliphatic rings. The summed E-state index contributed by atoms with van der Waals surface area (Å²) < 4.78 is 34.6. The Morgan fingerprint density at radius 3 is 2.00 bits per heavy atom. The number of hydrogen-bond donors (Lipinski definition) is 2. The summed E-state index contributed by atoms with van der Waals surface area (Å²) in [6, 6.07) is 0. The Bertz CT molecular complexity index is 376. The molecule has 0 saturated carbocycles. The van der Waals surface area contributed by atoms with Crippen LogP contribution in [0.2, 0.25) is 0 Å². The fourth-order valence-electron chi connectivity index (χ4n) is 0.855. The lowest BCUT2D eigenvalue weighted by atomic mass is 10.2. The van der Waals surface area contributed by atoms with E-state index >= 15 is 0 Å². The van der Waals surface area contributed by atoms with Crippen molar-refractivity contribution < 1.29 is 32.4 Å². The Hall–Kier alpha value is -1.15. The van der Waals surface area contributed by atoms with Crippen LogP contribution in [0.15, 0.2) is 0 Å². The molecule has 0 aromatic rings. The van der Waals surface area contributed by atoms with Gasteiger partial charge in [-0.2, -0.15) is 8.42 Å². The lowest BCUT2D eigenvalue weighted by Gasteiger charge is -2.20. The van der Waals surface area contributed by atoms with E-state index in [4.69, 9.17) is 14.4 Å². The van der Waals surface area contributed by atoms with Crippen molar-refractivity contribution in [2.45, 2.75) is 38.0 Å². The van der Waals surface area contributed by atoms with Gasteiger partial charge in [-0.25, -0.2) is 0 Å². The molecule has 1 atom stereocenters. The Labute approximate surface area is 93.2 Å². The normalized spacial score (nSPS) is 14.2. The minimum absolute atomic E-state index is 0.848. The van der Waals surface area contributed by atoms with Gasteiger partial charge in [0.2, 0.25) is 0 Å². The highest BCUT2D eigenvalue weighted by Gasteiger charge is 2.34. The van der Waals surface area contributed by atoms with E-state index in [2.05, 4.69) is 0 Å². The molecule has 1 unspecified atom stereocenters. The Morgan fingerprint density at radius 2 is 1.75 bits per heavy atom. The minimum atomic E-state index is -4.82. The SMILES string of the molecule is CC(C)(C)OC(=O)CC(C(=O)O)S(=O)(=O)O. The van der Waals surface area contributed by atoms with E-state index in [1.165, 1.54) is 0 Å². The van der Waals surface area contributed by atoms with E-state index in [0.717, 1.165) is 0 Å². The van der Waals surface area contributed by atoms with E-state index < -0.39 is 39.3 Å². The molecule has 0 spiro atoms. The van der Waals surface area contributed by atoms with Crippen molar-refractivity contribution in [3.8, 4) is 0 Å². The molecule has 0 aliphatic heterocycles. The van der Waals surface area contributed by atoms with Crippen LogP contribution in [-0.2, 0) is 24.4 Å². The molecule has 0 aliphatic carbocycles. The first-order valence-corrected chi connectivity index (χ1v) is 5.85. The van der Waals surface area contributed by atoms with Crippen molar-refractivity contribution >= 4 is 22.1 Å². The average Bonchev–Trinajstić information content (AvgIpc) is 1.93. The van der Waals surface area contributed by atoms with Crippen LogP contribution in [0.1, 0.15) is 27.2 Å². The highest BCUT2D eigenvalue weighted by molar-refractivity contribution is 7.87. The third-order valence-electron chi connectivity index (χ3n) is 1.41. The second-order valence-electron chi connectivity index (χ2n) is 4.13. The Morgan fingerprint density at radius 1 is 1.31 bits per heavy atom. The molecular weight excluding hydrogens is 240 g/mol. The van der Waals surface area contributed by atoms with Gasteiger partial charge in [0, 0.05) is 0 Å². The van der Waals surface area contributed by atoms with Gasteiger partial charge in [0.05, 0.1) is 6.42 Å². The van der Waals surface area contributed by atoms with Crippen LogP contribution in [0.3, 0.4) is 0 Å². The monoisotopic (exact) mass is 254 g/mol. The number of esters is 1. The number of carbonyl (C=O) groups is 2. The van der Waals surface area contributed by atoms with Crippen molar-refractivity contribution in [1.82, 2.24) is 0 Å². The maximum Gasteiger partial charge on any atom is 0.325 e. The number of hydrogen-bond acceptors (Lipinski definition) is 5. The average molecular weight is 254 g/mol. The molecule has 8 heteroatoms. The molecule has 2 N–H and O–H groups in total. The predicted octanol–water partition coefficient (Wildman–Crippen LogP) is 0.0592. The van der Waals surface area contributed by atoms with Gasteiger partial charge in [-0.15, -0.1) is 0 Å². The molecule has 0 radical (unpaired) electrons.